The lowest BCUT2D eigenvalue weighted by Gasteiger charge is -2.33. The van der Waals surface area contributed by atoms with Crippen LogP contribution < -0.4 is 5.73 Å². The molecule has 1 heterocycles. The van der Waals surface area contributed by atoms with E-state index in [4.69, 9.17) is 10.9 Å². The van der Waals surface area contributed by atoms with Gasteiger partial charge in [-0.25, -0.2) is 12.7 Å². The Bertz CT molecular complexity index is 410. The molecule has 1 saturated heterocycles. The van der Waals surface area contributed by atoms with Crippen molar-refractivity contribution in [3.63, 3.8) is 0 Å². The Morgan fingerprint density at radius 2 is 2.26 bits per heavy atom. The van der Waals surface area contributed by atoms with Gasteiger partial charge in [0.15, 0.2) is 5.84 Å². The SMILES string of the molecule is CCN(CC(N)=NO)CC1CCCN(S(C)(=O)=O)C1. The summed E-state index contributed by atoms with van der Waals surface area (Å²) in [6, 6.07) is 0. The molecule has 0 saturated carbocycles. The summed E-state index contributed by atoms with van der Waals surface area (Å²) in [5, 5.41) is 11.6. The quantitative estimate of drug-likeness (QED) is 0.304. The molecule has 0 aromatic heterocycles. The van der Waals surface area contributed by atoms with Crippen LogP contribution in [0.3, 0.4) is 0 Å². The third kappa shape index (κ3) is 5.33. The van der Waals surface area contributed by atoms with Crippen LogP contribution in [0.1, 0.15) is 19.8 Å². The summed E-state index contributed by atoms with van der Waals surface area (Å²) in [7, 11) is -3.10. The lowest BCUT2D eigenvalue weighted by atomic mass is 9.99. The second kappa shape index (κ2) is 7.06. The van der Waals surface area contributed by atoms with E-state index in [0.717, 1.165) is 25.9 Å². The number of hydrogen-bond acceptors (Lipinski definition) is 5. The number of nitrogens with two attached hydrogens (primary N) is 1. The molecule has 1 aliphatic heterocycles. The van der Waals surface area contributed by atoms with Gasteiger partial charge >= 0.3 is 0 Å². The van der Waals surface area contributed by atoms with Crippen molar-refractivity contribution in [2.45, 2.75) is 19.8 Å². The second-order valence-corrected chi connectivity index (χ2v) is 7.03. The topological polar surface area (TPSA) is 99.2 Å². The Kier molecular flexibility index (Phi) is 6.02. The van der Waals surface area contributed by atoms with Crippen LogP contribution in [0, 0.1) is 5.92 Å². The van der Waals surface area contributed by atoms with Gasteiger partial charge in [-0.15, -0.1) is 0 Å². The van der Waals surface area contributed by atoms with Gasteiger partial charge in [0, 0.05) is 19.6 Å². The van der Waals surface area contributed by atoms with Gasteiger partial charge in [-0.3, -0.25) is 4.90 Å². The first-order valence-corrected chi connectivity index (χ1v) is 8.35. The maximum Gasteiger partial charge on any atom is 0.211 e. The summed E-state index contributed by atoms with van der Waals surface area (Å²) in [6.45, 7) is 5.13. The largest absolute Gasteiger partial charge is 0.409 e. The summed E-state index contributed by atoms with van der Waals surface area (Å²) in [5.41, 5.74) is 5.50. The summed E-state index contributed by atoms with van der Waals surface area (Å²) in [6.07, 6.45) is 3.15. The van der Waals surface area contributed by atoms with Crippen LogP contribution in [0.25, 0.3) is 0 Å². The molecule has 0 aliphatic carbocycles. The highest BCUT2D eigenvalue weighted by molar-refractivity contribution is 7.88. The Balaban J connectivity index is 2.55. The monoisotopic (exact) mass is 292 g/mol. The number of sulfonamides is 1. The molecule has 1 atom stereocenters. The smallest absolute Gasteiger partial charge is 0.211 e. The summed E-state index contributed by atoms with van der Waals surface area (Å²) >= 11 is 0. The zero-order valence-corrected chi connectivity index (χ0v) is 12.4. The molecule has 1 rings (SSSR count). The van der Waals surface area contributed by atoms with Crippen molar-refractivity contribution >= 4 is 15.9 Å². The minimum Gasteiger partial charge on any atom is -0.409 e. The summed E-state index contributed by atoms with van der Waals surface area (Å²) < 4.78 is 24.6. The molecule has 0 bridgehead atoms. The molecule has 1 unspecified atom stereocenters. The van der Waals surface area contributed by atoms with Gasteiger partial charge in [0.1, 0.15) is 0 Å². The van der Waals surface area contributed by atoms with E-state index in [2.05, 4.69) is 10.1 Å². The van der Waals surface area contributed by atoms with Crippen LogP contribution in [0.15, 0.2) is 5.16 Å². The van der Waals surface area contributed by atoms with Crippen LogP contribution in [0.4, 0.5) is 0 Å². The van der Waals surface area contributed by atoms with Gasteiger partial charge in [0.2, 0.25) is 10.0 Å². The van der Waals surface area contributed by atoms with Crippen molar-refractivity contribution in [2.24, 2.45) is 16.8 Å². The zero-order valence-electron chi connectivity index (χ0n) is 11.6. The molecule has 0 aromatic carbocycles. The molecule has 19 heavy (non-hydrogen) atoms. The van der Waals surface area contributed by atoms with E-state index < -0.39 is 10.0 Å². The molecule has 0 amide bonds. The van der Waals surface area contributed by atoms with Gasteiger partial charge in [-0.1, -0.05) is 12.1 Å². The standard InChI is InChI=1S/C11H24N4O3S/c1-3-14(9-11(12)13-16)7-10-5-4-6-15(8-10)19(2,17)18/h10,16H,3-9H2,1-2H3,(H2,12,13). The van der Waals surface area contributed by atoms with Gasteiger partial charge < -0.3 is 10.9 Å². The second-order valence-electron chi connectivity index (χ2n) is 5.05. The molecule has 0 spiro atoms. The van der Waals surface area contributed by atoms with Crippen molar-refractivity contribution in [1.82, 2.24) is 9.21 Å². The fraction of sp³-hybridized carbons (Fsp3) is 0.909. The first kappa shape index (κ1) is 16.2. The molecule has 0 radical (unpaired) electrons. The number of rotatable bonds is 6. The maximum absolute atomic E-state index is 11.6. The molecule has 8 heteroatoms. The van der Waals surface area contributed by atoms with Crippen LogP contribution in [-0.2, 0) is 10.0 Å². The van der Waals surface area contributed by atoms with Gasteiger partial charge in [-0.05, 0) is 25.3 Å². The van der Waals surface area contributed by atoms with Gasteiger partial charge in [-0.2, -0.15) is 0 Å². The molecule has 0 aromatic rings. The Morgan fingerprint density at radius 1 is 1.58 bits per heavy atom. The predicted molar refractivity (Wildman–Crippen MR) is 74.7 cm³/mol. The van der Waals surface area contributed by atoms with Crippen molar-refractivity contribution < 1.29 is 13.6 Å². The van der Waals surface area contributed by atoms with E-state index >= 15 is 0 Å². The number of nitrogens with zero attached hydrogens (tertiary/aromatic N) is 3. The molecular weight excluding hydrogens is 268 g/mol. The van der Waals surface area contributed by atoms with E-state index in [1.165, 1.54) is 6.26 Å². The van der Waals surface area contributed by atoms with Crippen molar-refractivity contribution in [3.05, 3.63) is 0 Å². The summed E-state index contributed by atoms with van der Waals surface area (Å²) in [5.74, 6) is 0.479. The number of hydrogen-bond donors (Lipinski definition) is 2. The fourth-order valence-electron chi connectivity index (χ4n) is 2.41. The lowest BCUT2D eigenvalue weighted by molar-refractivity contribution is 0.196. The van der Waals surface area contributed by atoms with Gasteiger partial charge in [0.05, 0.1) is 12.8 Å². The third-order valence-electron chi connectivity index (χ3n) is 3.43. The highest BCUT2D eigenvalue weighted by atomic mass is 32.2. The number of oxime groups is 1. The average Bonchev–Trinajstić information content (AvgIpc) is 2.37. The van der Waals surface area contributed by atoms with Crippen LogP contribution in [-0.4, -0.2) is 67.6 Å². The Morgan fingerprint density at radius 3 is 2.79 bits per heavy atom. The first-order valence-electron chi connectivity index (χ1n) is 6.50. The zero-order chi connectivity index (χ0) is 14.5. The summed E-state index contributed by atoms with van der Waals surface area (Å²) in [4.78, 5) is 2.06. The highest BCUT2D eigenvalue weighted by Crippen LogP contribution is 2.19. The van der Waals surface area contributed by atoms with Crippen LogP contribution in [0.2, 0.25) is 0 Å². The normalized spacial score (nSPS) is 22.9. The Hall–Kier alpha value is -0.860. The number of piperidine rings is 1. The molecular formula is C11H24N4O3S. The number of likely N-dealkylation sites (N-methyl/N-ethyl adjacent to an activating group) is 1. The van der Waals surface area contributed by atoms with Crippen LogP contribution >= 0.6 is 0 Å². The van der Waals surface area contributed by atoms with Crippen molar-refractivity contribution in [2.75, 3.05) is 39.0 Å². The van der Waals surface area contributed by atoms with E-state index in [1.54, 1.807) is 4.31 Å². The van der Waals surface area contributed by atoms with E-state index in [1.807, 2.05) is 6.92 Å². The molecule has 1 aliphatic rings. The minimum atomic E-state index is -3.10. The van der Waals surface area contributed by atoms with Crippen molar-refractivity contribution in [1.29, 1.82) is 0 Å². The maximum atomic E-state index is 11.6. The van der Waals surface area contributed by atoms with E-state index in [-0.39, 0.29) is 5.84 Å². The average molecular weight is 292 g/mol. The Labute approximate surface area is 115 Å². The lowest BCUT2D eigenvalue weighted by Crippen LogP contribution is -2.44. The van der Waals surface area contributed by atoms with Gasteiger partial charge in [0.25, 0.3) is 0 Å². The third-order valence-corrected chi connectivity index (χ3v) is 4.70. The minimum absolute atomic E-state index is 0.178. The van der Waals surface area contributed by atoms with Crippen molar-refractivity contribution in [3.8, 4) is 0 Å². The fourth-order valence-corrected chi connectivity index (χ4v) is 3.35. The highest BCUT2D eigenvalue weighted by Gasteiger charge is 2.26. The number of amidine groups is 1. The van der Waals surface area contributed by atoms with Crippen LogP contribution in [0.5, 0.6) is 0 Å². The van der Waals surface area contributed by atoms with E-state index in [9.17, 15) is 8.42 Å². The predicted octanol–water partition coefficient (Wildman–Crippen LogP) is -0.274. The molecule has 1 fully saturated rings. The molecule has 7 nitrogen and oxygen atoms in total. The van der Waals surface area contributed by atoms with E-state index in [0.29, 0.717) is 25.6 Å². The molecule has 112 valence electrons. The molecule has 3 N–H and O–H groups in total. The first-order chi connectivity index (χ1) is 8.86.